The Kier molecular flexibility index (Phi) is 4.20. The van der Waals surface area contributed by atoms with E-state index in [-0.39, 0.29) is 0 Å². The SMILES string of the molecule is C=CCc1ccccc1OCc1cc(CN)co1. The van der Waals surface area contributed by atoms with E-state index in [2.05, 4.69) is 6.58 Å². The van der Waals surface area contributed by atoms with Crippen LogP contribution in [0.15, 0.2) is 53.7 Å². The Hall–Kier alpha value is -2.00. The van der Waals surface area contributed by atoms with E-state index in [0.717, 1.165) is 29.1 Å². The highest BCUT2D eigenvalue weighted by Gasteiger charge is 2.04. The molecule has 1 aromatic carbocycles. The van der Waals surface area contributed by atoms with Gasteiger partial charge >= 0.3 is 0 Å². The van der Waals surface area contributed by atoms with E-state index in [4.69, 9.17) is 14.9 Å². The molecule has 0 radical (unpaired) electrons. The van der Waals surface area contributed by atoms with Crippen LogP contribution >= 0.6 is 0 Å². The summed E-state index contributed by atoms with van der Waals surface area (Å²) in [6.45, 7) is 4.64. The Morgan fingerprint density at radius 2 is 2.17 bits per heavy atom. The number of allylic oxidation sites excluding steroid dienone is 1. The summed E-state index contributed by atoms with van der Waals surface area (Å²) in [7, 11) is 0. The van der Waals surface area contributed by atoms with Gasteiger partial charge < -0.3 is 14.9 Å². The van der Waals surface area contributed by atoms with E-state index in [1.807, 2.05) is 36.4 Å². The van der Waals surface area contributed by atoms with Gasteiger partial charge in [-0.1, -0.05) is 24.3 Å². The lowest BCUT2D eigenvalue weighted by Crippen LogP contribution is -1.97. The first-order valence-corrected chi connectivity index (χ1v) is 5.91. The van der Waals surface area contributed by atoms with Crippen molar-refractivity contribution in [2.24, 2.45) is 5.73 Å². The van der Waals surface area contributed by atoms with Crippen LogP contribution in [0.1, 0.15) is 16.9 Å². The largest absolute Gasteiger partial charge is 0.485 e. The van der Waals surface area contributed by atoms with Crippen molar-refractivity contribution in [3.63, 3.8) is 0 Å². The third-order valence-corrected chi connectivity index (χ3v) is 2.65. The van der Waals surface area contributed by atoms with Crippen LogP contribution in [0, 0.1) is 0 Å². The lowest BCUT2D eigenvalue weighted by Gasteiger charge is -2.08. The Bertz CT molecular complexity index is 517. The molecule has 0 aliphatic carbocycles. The highest BCUT2D eigenvalue weighted by atomic mass is 16.5. The zero-order chi connectivity index (χ0) is 12.8. The van der Waals surface area contributed by atoms with Gasteiger partial charge in [-0.15, -0.1) is 6.58 Å². The van der Waals surface area contributed by atoms with Crippen LogP contribution in [0.2, 0.25) is 0 Å². The molecule has 18 heavy (non-hydrogen) atoms. The number of para-hydroxylation sites is 1. The minimum absolute atomic E-state index is 0.411. The molecule has 1 heterocycles. The lowest BCUT2D eigenvalue weighted by atomic mass is 10.1. The Labute approximate surface area is 107 Å². The maximum atomic E-state index is 5.75. The van der Waals surface area contributed by atoms with E-state index < -0.39 is 0 Å². The molecule has 2 N–H and O–H groups in total. The van der Waals surface area contributed by atoms with E-state index >= 15 is 0 Å². The fourth-order valence-electron chi connectivity index (χ4n) is 1.73. The molecule has 2 aromatic rings. The summed E-state index contributed by atoms with van der Waals surface area (Å²) in [6, 6.07) is 9.84. The number of ether oxygens (including phenoxy) is 1. The molecule has 0 amide bonds. The van der Waals surface area contributed by atoms with Gasteiger partial charge in [0.05, 0.1) is 6.26 Å². The first-order chi connectivity index (χ1) is 8.83. The highest BCUT2D eigenvalue weighted by Crippen LogP contribution is 2.20. The minimum atomic E-state index is 0.411. The van der Waals surface area contributed by atoms with Gasteiger partial charge in [-0.05, 0) is 24.1 Å². The Balaban J connectivity index is 2.03. The molecule has 0 aliphatic rings. The van der Waals surface area contributed by atoms with Crippen LogP contribution in [0.25, 0.3) is 0 Å². The van der Waals surface area contributed by atoms with Crippen molar-refractivity contribution in [3.8, 4) is 5.75 Å². The number of rotatable bonds is 6. The summed E-state index contributed by atoms with van der Waals surface area (Å²) in [6.07, 6.45) is 4.32. The first-order valence-electron chi connectivity index (χ1n) is 5.91. The molecule has 3 heteroatoms. The van der Waals surface area contributed by atoms with Gasteiger partial charge in [0.1, 0.15) is 18.1 Å². The second kappa shape index (κ2) is 6.07. The zero-order valence-electron chi connectivity index (χ0n) is 10.3. The van der Waals surface area contributed by atoms with E-state index in [1.54, 1.807) is 6.26 Å². The van der Waals surface area contributed by atoms with E-state index in [0.29, 0.717) is 13.2 Å². The molecule has 0 bridgehead atoms. The van der Waals surface area contributed by atoms with E-state index in [1.165, 1.54) is 0 Å². The summed E-state index contributed by atoms with van der Waals surface area (Å²) < 4.78 is 11.1. The van der Waals surface area contributed by atoms with E-state index in [9.17, 15) is 0 Å². The Morgan fingerprint density at radius 1 is 1.33 bits per heavy atom. The quantitative estimate of drug-likeness (QED) is 0.793. The molecule has 94 valence electrons. The average molecular weight is 243 g/mol. The first kappa shape index (κ1) is 12.5. The molecule has 3 nitrogen and oxygen atoms in total. The van der Waals surface area contributed by atoms with Gasteiger partial charge in [-0.3, -0.25) is 0 Å². The second-order valence-electron chi connectivity index (χ2n) is 4.01. The molecular formula is C15H17NO2. The molecule has 1 aromatic heterocycles. The molecule has 0 saturated carbocycles. The highest BCUT2D eigenvalue weighted by molar-refractivity contribution is 5.34. The van der Waals surface area contributed by atoms with Gasteiger partial charge in [0.2, 0.25) is 0 Å². The molecule has 0 unspecified atom stereocenters. The van der Waals surface area contributed by atoms with Gasteiger partial charge in [0, 0.05) is 12.1 Å². The molecule has 2 rings (SSSR count). The van der Waals surface area contributed by atoms with Crippen LogP contribution in [0.5, 0.6) is 5.75 Å². The second-order valence-corrected chi connectivity index (χ2v) is 4.01. The van der Waals surface area contributed by atoms with Crippen molar-refractivity contribution in [2.45, 2.75) is 19.6 Å². The fourth-order valence-corrected chi connectivity index (χ4v) is 1.73. The third-order valence-electron chi connectivity index (χ3n) is 2.65. The number of nitrogens with two attached hydrogens (primary N) is 1. The summed E-state index contributed by atoms with van der Waals surface area (Å²) in [5, 5.41) is 0. The topological polar surface area (TPSA) is 48.4 Å². The molecule has 0 fully saturated rings. The number of hydrogen-bond donors (Lipinski definition) is 1. The van der Waals surface area contributed by atoms with Crippen LogP contribution in [-0.4, -0.2) is 0 Å². The lowest BCUT2D eigenvalue weighted by molar-refractivity contribution is 0.268. The molecule has 0 spiro atoms. The van der Waals surface area contributed by atoms with Crippen molar-refractivity contribution in [2.75, 3.05) is 0 Å². The van der Waals surface area contributed by atoms with Gasteiger partial charge in [-0.2, -0.15) is 0 Å². The number of furan rings is 1. The minimum Gasteiger partial charge on any atom is -0.485 e. The van der Waals surface area contributed by atoms with Crippen molar-refractivity contribution in [1.82, 2.24) is 0 Å². The van der Waals surface area contributed by atoms with Crippen LogP contribution < -0.4 is 10.5 Å². The normalized spacial score (nSPS) is 10.3. The monoisotopic (exact) mass is 243 g/mol. The van der Waals surface area contributed by atoms with Crippen LogP contribution in [-0.2, 0) is 19.6 Å². The standard InChI is InChI=1S/C15H17NO2/c1-2-5-13-6-3-4-7-15(13)18-11-14-8-12(9-16)10-17-14/h2-4,6-8,10H,1,5,9,11,16H2. The predicted molar refractivity (Wildman–Crippen MR) is 71.3 cm³/mol. The zero-order valence-corrected chi connectivity index (χ0v) is 10.3. The molecule has 0 saturated heterocycles. The summed E-state index contributed by atoms with van der Waals surface area (Å²) in [5.41, 5.74) is 7.63. The Morgan fingerprint density at radius 3 is 2.89 bits per heavy atom. The summed E-state index contributed by atoms with van der Waals surface area (Å²) in [4.78, 5) is 0. The molecule has 0 aliphatic heterocycles. The molecular weight excluding hydrogens is 226 g/mol. The maximum Gasteiger partial charge on any atom is 0.146 e. The van der Waals surface area contributed by atoms with Crippen LogP contribution in [0.4, 0.5) is 0 Å². The number of hydrogen-bond acceptors (Lipinski definition) is 3. The van der Waals surface area contributed by atoms with Crippen molar-refractivity contribution in [1.29, 1.82) is 0 Å². The van der Waals surface area contributed by atoms with Crippen molar-refractivity contribution in [3.05, 3.63) is 66.1 Å². The predicted octanol–water partition coefficient (Wildman–Crippen LogP) is 3.05. The summed E-state index contributed by atoms with van der Waals surface area (Å²) >= 11 is 0. The van der Waals surface area contributed by atoms with Crippen molar-refractivity contribution >= 4 is 0 Å². The fraction of sp³-hybridized carbons (Fsp3) is 0.200. The third kappa shape index (κ3) is 3.02. The number of benzene rings is 1. The maximum absolute atomic E-state index is 5.75. The molecule has 0 atom stereocenters. The summed E-state index contributed by atoms with van der Waals surface area (Å²) in [5.74, 6) is 1.65. The van der Waals surface area contributed by atoms with Gasteiger partial charge in [-0.25, -0.2) is 0 Å². The van der Waals surface area contributed by atoms with Gasteiger partial charge in [0.15, 0.2) is 0 Å². The van der Waals surface area contributed by atoms with Gasteiger partial charge in [0.25, 0.3) is 0 Å². The average Bonchev–Trinajstić information content (AvgIpc) is 2.86. The van der Waals surface area contributed by atoms with Crippen molar-refractivity contribution < 1.29 is 9.15 Å². The smallest absolute Gasteiger partial charge is 0.146 e. The van der Waals surface area contributed by atoms with Crippen LogP contribution in [0.3, 0.4) is 0 Å².